The number of sulfonamides is 1. The van der Waals surface area contributed by atoms with Crippen LogP contribution >= 0.6 is 11.6 Å². The van der Waals surface area contributed by atoms with E-state index >= 15 is 0 Å². The first kappa shape index (κ1) is 17.3. The van der Waals surface area contributed by atoms with E-state index in [1.165, 1.54) is 12.1 Å². The van der Waals surface area contributed by atoms with Crippen LogP contribution in [0, 0.1) is 6.92 Å². The van der Waals surface area contributed by atoms with Crippen molar-refractivity contribution in [1.82, 2.24) is 0 Å². The maximum absolute atomic E-state index is 12.5. The number of aliphatic hydroxyl groups is 1. The predicted octanol–water partition coefficient (Wildman–Crippen LogP) is 2.38. The van der Waals surface area contributed by atoms with Crippen molar-refractivity contribution < 1.29 is 18.3 Å². The van der Waals surface area contributed by atoms with Crippen LogP contribution in [0.3, 0.4) is 0 Å². The molecule has 0 radical (unpaired) electrons. The van der Waals surface area contributed by atoms with Gasteiger partial charge >= 0.3 is 0 Å². The summed E-state index contributed by atoms with van der Waals surface area (Å²) in [5, 5.41) is 11.5. The highest BCUT2D eigenvalue weighted by atomic mass is 35.5. The Morgan fingerprint density at radius 2 is 1.83 bits per heavy atom. The summed E-state index contributed by atoms with van der Waals surface area (Å²) in [7, 11) is -3.81. The van der Waals surface area contributed by atoms with Gasteiger partial charge in [0.05, 0.1) is 10.6 Å². The number of benzene rings is 2. The van der Waals surface area contributed by atoms with Crippen molar-refractivity contribution in [3.05, 3.63) is 53.1 Å². The van der Waals surface area contributed by atoms with Crippen molar-refractivity contribution in [2.24, 2.45) is 0 Å². The van der Waals surface area contributed by atoms with Gasteiger partial charge in [0.2, 0.25) is 5.91 Å². The molecule has 0 heterocycles. The summed E-state index contributed by atoms with van der Waals surface area (Å²) in [6.07, 6.45) is 0. The molecular formula is C15H15ClN2O4S. The summed E-state index contributed by atoms with van der Waals surface area (Å²) in [5.74, 6) is -0.587. The maximum Gasteiger partial charge on any atom is 0.262 e. The second-order valence-corrected chi connectivity index (χ2v) is 6.81. The molecule has 122 valence electrons. The van der Waals surface area contributed by atoms with Gasteiger partial charge in [-0.25, -0.2) is 8.42 Å². The number of halogens is 1. The lowest BCUT2D eigenvalue weighted by atomic mass is 10.2. The summed E-state index contributed by atoms with van der Waals surface area (Å²) in [4.78, 5) is 11.2. The lowest BCUT2D eigenvalue weighted by Crippen LogP contribution is -2.16. The van der Waals surface area contributed by atoms with E-state index in [9.17, 15) is 13.2 Å². The molecule has 0 unspecified atom stereocenters. The molecule has 1 amide bonds. The van der Waals surface area contributed by atoms with Gasteiger partial charge in [0, 0.05) is 10.7 Å². The highest BCUT2D eigenvalue weighted by Crippen LogP contribution is 2.25. The number of hydrogen-bond acceptors (Lipinski definition) is 4. The molecule has 0 spiro atoms. The lowest BCUT2D eigenvalue weighted by Gasteiger charge is -2.12. The van der Waals surface area contributed by atoms with Gasteiger partial charge in [0.25, 0.3) is 10.0 Å². The molecule has 0 aliphatic carbocycles. The van der Waals surface area contributed by atoms with Crippen molar-refractivity contribution >= 4 is 38.9 Å². The van der Waals surface area contributed by atoms with E-state index in [0.29, 0.717) is 16.3 Å². The second kappa shape index (κ2) is 6.99. The molecular weight excluding hydrogens is 340 g/mol. The van der Waals surface area contributed by atoms with Gasteiger partial charge in [0.15, 0.2) is 0 Å². The minimum atomic E-state index is -3.81. The SMILES string of the molecule is Cc1c(Cl)cccc1S(=O)(=O)Nc1cccc(NC(=O)CO)c1. The van der Waals surface area contributed by atoms with E-state index in [-0.39, 0.29) is 10.6 Å². The molecule has 2 rings (SSSR count). The van der Waals surface area contributed by atoms with Gasteiger partial charge < -0.3 is 10.4 Å². The molecule has 0 saturated heterocycles. The lowest BCUT2D eigenvalue weighted by molar-refractivity contribution is -0.118. The molecule has 0 bridgehead atoms. The highest BCUT2D eigenvalue weighted by molar-refractivity contribution is 7.92. The number of aliphatic hydroxyl groups excluding tert-OH is 1. The summed E-state index contributed by atoms with van der Waals surface area (Å²) < 4.78 is 27.4. The number of nitrogens with one attached hydrogen (secondary N) is 2. The first-order chi connectivity index (χ1) is 10.8. The third-order valence-corrected chi connectivity index (χ3v) is 4.98. The Bertz CT molecular complexity index is 837. The van der Waals surface area contributed by atoms with Crippen molar-refractivity contribution in [3.63, 3.8) is 0 Å². The number of hydrogen-bond donors (Lipinski definition) is 3. The molecule has 2 aromatic rings. The molecule has 0 fully saturated rings. The average molecular weight is 355 g/mol. The quantitative estimate of drug-likeness (QED) is 0.768. The third kappa shape index (κ3) is 4.22. The number of anilines is 2. The molecule has 0 aliphatic rings. The molecule has 3 N–H and O–H groups in total. The Morgan fingerprint density at radius 3 is 2.52 bits per heavy atom. The van der Waals surface area contributed by atoms with Crippen molar-refractivity contribution in [2.75, 3.05) is 16.6 Å². The molecule has 23 heavy (non-hydrogen) atoms. The van der Waals surface area contributed by atoms with E-state index < -0.39 is 22.5 Å². The van der Waals surface area contributed by atoms with Crippen LogP contribution in [0.2, 0.25) is 5.02 Å². The van der Waals surface area contributed by atoms with Crippen molar-refractivity contribution in [2.45, 2.75) is 11.8 Å². The van der Waals surface area contributed by atoms with Crippen molar-refractivity contribution in [1.29, 1.82) is 0 Å². The van der Waals surface area contributed by atoms with Crippen LogP contribution in [0.4, 0.5) is 11.4 Å². The van der Waals surface area contributed by atoms with Gasteiger partial charge in [-0.05, 0) is 42.8 Å². The zero-order valence-electron chi connectivity index (χ0n) is 12.2. The summed E-state index contributed by atoms with van der Waals surface area (Å²) in [5.41, 5.74) is 1.10. The zero-order chi connectivity index (χ0) is 17.0. The Hall–Kier alpha value is -2.09. The van der Waals surface area contributed by atoms with E-state index in [4.69, 9.17) is 16.7 Å². The average Bonchev–Trinajstić information content (AvgIpc) is 2.49. The Kier molecular flexibility index (Phi) is 5.25. The van der Waals surface area contributed by atoms with E-state index in [2.05, 4.69) is 10.0 Å². The van der Waals surface area contributed by atoms with E-state index in [1.807, 2.05) is 0 Å². The molecule has 0 aromatic heterocycles. The van der Waals surface area contributed by atoms with Crippen LogP contribution in [0.5, 0.6) is 0 Å². The zero-order valence-corrected chi connectivity index (χ0v) is 13.8. The van der Waals surface area contributed by atoms with Crippen LogP contribution in [0.25, 0.3) is 0 Å². The fraction of sp³-hybridized carbons (Fsp3) is 0.133. The Balaban J connectivity index is 2.29. The number of carbonyl (C=O) groups excluding carboxylic acids is 1. The van der Waals surface area contributed by atoms with Gasteiger partial charge in [-0.1, -0.05) is 23.7 Å². The van der Waals surface area contributed by atoms with Gasteiger partial charge in [-0.3, -0.25) is 9.52 Å². The molecule has 0 aliphatic heterocycles. The Labute approximate surface area is 139 Å². The fourth-order valence-electron chi connectivity index (χ4n) is 1.95. The Morgan fingerprint density at radius 1 is 1.17 bits per heavy atom. The number of amides is 1. The van der Waals surface area contributed by atoms with E-state index in [0.717, 1.165) is 0 Å². The standard InChI is InChI=1S/C15H15ClN2O4S/c1-10-13(16)6-3-7-14(10)23(21,22)18-12-5-2-4-11(8-12)17-15(20)9-19/h2-8,18-19H,9H2,1H3,(H,17,20). The third-order valence-electron chi connectivity index (χ3n) is 3.05. The molecule has 6 nitrogen and oxygen atoms in total. The summed E-state index contributed by atoms with van der Waals surface area (Å²) >= 11 is 5.96. The summed E-state index contributed by atoms with van der Waals surface area (Å²) in [6.45, 7) is 0.965. The van der Waals surface area contributed by atoms with Crippen LogP contribution in [-0.4, -0.2) is 26.0 Å². The molecule has 0 atom stereocenters. The van der Waals surface area contributed by atoms with E-state index in [1.54, 1.807) is 37.3 Å². The second-order valence-electron chi connectivity index (χ2n) is 4.76. The first-order valence-electron chi connectivity index (χ1n) is 6.62. The maximum atomic E-state index is 12.5. The van der Waals surface area contributed by atoms with Crippen LogP contribution in [0.1, 0.15) is 5.56 Å². The summed E-state index contributed by atoms with van der Waals surface area (Å²) in [6, 6.07) is 10.8. The predicted molar refractivity (Wildman–Crippen MR) is 89.2 cm³/mol. The van der Waals surface area contributed by atoms with Gasteiger partial charge in [-0.15, -0.1) is 0 Å². The van der Waals surface area contributed by atoms with Crippen LogP contribution in [-0.2, 0) is 14.8 Å². The van der Waals surface area contributed by atoms with Crippen LogP contribution in [0.15, 0.2) is 47.4 Å². The number of rotatable bonds is 5. The number of carbonyl (C=O) groups is 1. The topological polar surface area (TPSA) is 95.5 Å². The minimum absolute atomic E-state index is 0.0785. The van der Waals surface area contributed by atoms with Gasteiger partial charge in [0.1, 0.15) is 6.61 Å². The largest absolute Gasteiger partial charge is 0.387 e. The minimum Gasteiger partial charge on any atom is -0.387 e. The molecule has 2 aromatic carbocycles. The van der Waals surface area contributed by atoms with Gasteiger partial charge in [-0.2, -0.15) is 0 Å². The normalized spacial score (nSPS) is 11.1. The molecule has 0 saturated carbocycles. The van der Waals surface area contributed by atoms with Crippen LogP contribution < -0.4 is 10.0 Å². The molecule has 8 heteroatoms. The highest BCUT2D eigenvalue weighted by Gasteiger charge is 2.18. The smallest absolute Gasteiger partial charge is 0.262 e. The van der Waals surface area contributed by atoms with Crippen molar-refractivity contribution in [3.8, 4) is 0 Å². The fourth-order valence-corrected chi connectivity index (χ4v) is 3.50. The first-order valence-corrected chi connectivity index (χ1v) is 8.48. The monoisotopic (exact) mass is 354 g/mol.